The molecule has 0 aliphatic carbocycles. The van der Waals surface area contributed by atoms with Gasteiger partial charge in [0.15, 0.2) is 0 Å². The van der Waals surface area contributed by atoms with Gasteiger partial charge in [0.05, 0.1) is 25.7 Å². The SMILES string of the molecule is CC(C)(C)OC(=O)NC1(c2ccc(OCCCC(F)(F)F)cc2)COCC1C=O. The number of benzene rings is 1. The maximum Gasteiger partial charge on any atom is 0.408 e. The van der Waals surface area contributed by atoms with E-state index in [-0.39, 0.29) is 26.2 Å². The van der Waals surface area contributed by atoms with Gasteiger partial charge in [-0.2, -0.15) is 13.2 Å². The van der Waals surface area contributed by atoms with Crippen LogP contribution in [0.1, 0.15) is 39.2 Å². The molecule has 29 heavy (non-hydrogen) atoms. The summed E-state index contributed by atoms with van der Waals surface area (Å²) in [6.45, 7) is 5.35. The minimum atomic E-state index is -4.21. The van der Waals surface area contributed by atoms with Crippen LogP contribution in [0.2, 0.25) is 0 Å². The van der Waals surface area contributed by atoms with Crippen molar-refractivity contribution in [3.63, 3.8) is 0 Å². The number of amides is 1. The molecule has 1 aliphatic heterocycles. The van der Waals surface area contributed by atoms with Gasteiger partial charge in [0, 0.05) is 6.42 Å². The average Bonchev–Trinajstić information content (AvgIpc) is 3.00. The van der Waals surface area contributed by atoms with E-state index in [0.717, 1.165) is 6.29 Å². The number of carbonyl (C=O) groups is 2. The molecule has 0 saturated carbocycles. The van der Waals surface area contributed by atoms with Gasteiger partial charge in [-0.25, -0.2) is 4.79 Å². The molecule has 1 fully saturated rings. The van der Waals surface area contributed by atoms with Crippen LogP contribution >= 0.6 is 0 Å². The first kappa shape index (κ1) is 23.0. The summed E-state index contributed by atoms with van der Waals surface area (Å²) in [6, 6.07) is 6.48. The Balaban J connectivity index is 2.11. The molecule has 2 atom stereocenters. The van der Waals surface area contributed by atoms with Gasteiger partial charge in [-0.3, -0.25) is 0 Å². The van der Waals surface area contributed by atoms with E-state index >= 15 is 0 Å². The third-order valence-electron chi connectivity index (χ3n) is 4.39. The van der Waals surface area contributed by atoms with Crippen LogP contribution in [0.15, 0.2) is 24.3 Å². The lowest BCUT2D eigenvalue weighted by molar-refractivity contribution is -0.136. The van der Waals surface area contributed by atoms with Gasteiger partial charge < -0.3 is 24.3 Å². The molecule has 1 N–H and O–H groups in total. The zero-order valence-corrected chi connectivity index (χ0v) is 16.7. The topological polar surface area (TPSA) is 73.9 Å². The van der Waals surface area contributed by atoms with E-state index in [0.29, 0.717) is 11.3 Å². The Morgan fingerprint density at radius 1 is 1.28 bits per heavy atom. The molecule has 1 aromatic rings. The highest BCUT2D eigenvalue weighted by atomic mass is 19.4. The summed E-state index contributed by atoms with van der Waals surface area (Å²) >= 11 is 0. The monoisotopic (exact) mass is 417 g/mol. The van der Waals surface area contributed by atoms with E-state index in [2.05, 4.69) is 5.32 Å². The standard InChI is InChI=1S/C20H26F3NO5/c1-18(2,3)29-17(26)24-19(13-27-12-15(19)11-25)14-5-7-16(8-6-14)28-10-4-9-20(21,22)23/h5-8,11,15H,4,9-10,12-13H2,1-3H3,(H,24,26). The van der Waals surface area contributed by atoms with Gasteiger partial charge in [0.1, 0.15) is 23.2 Å². The smallest absolute Gasteiger partial charge is 0.408 e. The minimum Gasteiger partial charge on any atom is -0.494 e. The third-order valence-corrected chi connectivity index (χ3v) is 4.39. The van der Waals surface area contributed by atoms with E-state index in [1.54, 1.807) is 45.0 Å². The summed E-state index contributed by atoms with van der Waals surface area (Å²) < 4.78 is 52.7. The molecule has 162 valence electrons. The van der Waals surface area contributed by atoms with E-state index in [1.165, 1.54) is 0 Å². The lowest BCUT2D eigenvalue weighted by Gasteiger charge is -2.34. The average molecular weight is 417 g/mol. The highest BCUT2D eigenvalue weighted by Crippen LogP contribution is 2.36. The Morgan fingerprint density at radius 3 is 2.48 bits per heavy atom. The Morgan fingerprint density at radius 2 is 1.93 bits per heavy atom. The molecule has 1 aliphatic rings. The number of hydrogen-bond acceptors (Lipinski definition) is 5. The van der Waals surface area contributed by atoms with Crippen molar-refractivity contribution in [3.05, 3.63) is 29.8 Å². The van der Waals surface area contributed by atoms with Gasteiger partial charge in [-0.15, -0.1) is 0 Å². The van der Waals surface area contributed by atoms with Crippen LogP contribution in [-0.4, -0.2) is 44.0 Å². The van der Waals surface area contributed by atoms with Crippen molar-refractivity contribution >= 4 is 12.4 Å². The second-order valence-corrected chi connectivity index (χ2v) is 7.95. The maximum absolute atomic E-state index is 12.4. The molecule has 2 unspecified atom stereocenters. The van der Waals surface area contributed by atoms with Crippen LogP contribution < -0.4 is 10.1 Å². The first-order valence-electron chi connectivity index (χ1n) is 9.29. The zero-order chi connectivity index (χ0) is 21.7. The third kappa shape index (κ3) is 6.62. The van der Waals surface area contributed by atoms with Crippen LogP contribution in [0.4, 0.5) is 18.0 Å². The second kappa shape index (κ2) is 9.02. The number of rotatable bonds is 7. The van der Waals surface area contributed by atoms with Crippen LogP contribution in [-0.2, 0) is 19.8 Å². The number of aldehydes is 1. The fourth-order valence-electron chi connectivity index (χ4n) is 3.05. The van der Waals surface area contributed by atoms with Crippen molar-refractivity contribution in [2.24, 2.45) is 5.92 Å². The molecule has 1 saturated heterocycles. The van der Waals surface area contributed by atoms with E-state index in [1.807, 2.05) is 0 Å². The predicted octanol–water partition coefficient (Wildman–Crippen LogP) is 3.97. The number of halogens is 3. The first-order valence-corrected chi connectivity index (χ1v) is 9.29. The lowest BCUT2D eigenvalue weighted by Crippen LogP contribution is -2.52. The lowest BCUT2D eigenvalue weighted by atomic mass is 9.81. The Bertz CT molecular complexity index is 700. The number of alkyl halides is 3. The number of alkyl carbamates (subject to hydrolysis) is 1. The first-order chi connectivity index (χ1) is 13.5. The number of ether oxygens (including phenoxy) is 3. The predicted molar refractivity (Wildman–Crippen MR) is 98.6 cm³/mol. The second-order valence-electron chi connectivity index (χ2n) is 7.95. The maximum atomic E-state index is 12.4. The van der Waals surface area contributed by atoms with Gasteiger partial charge in [-0.05, 0) is 44.9 Å². The molecule has 2 rings (SSSR count). The molecule has 6 nitrogen and oxygen atoms in total. The molecule has 1 aromatic carbocycles. The molecule has 9 heteroatoms. The van der Waals surface area contributed by atoms with Crippen LogP contribution in [0.3, 0.4) is 0 Å². The Hall–Kier alpha value is -2.29. The number of carbonyl (C=O) groups excluding carboxylic acids is 2. The molecular weight excluding hydrogens is 391 g/mol. The van der Waals surface area contributed by atoms with Crippen molar-refractivity contribution in [2.75, 3.05) is 19.8 Å². The van der Waals surface area contributed by atoms with Crippen molar-refractivity contribution in [3.8, 4) is 5.75 Å². The summed E-state index contributed by atoms with van der Waals surface area (Å²) in [5, 5.41) is 2.77. The number of nitrogens with one attached hydrogen (secondary N) is 1. The molecule has 0 bridgehead atoms. The van der Waals surface area contributed by atoms with Gasteiger partial charge in [-0.1, -0.05) is 12.1 Å². The fourth-order valence-corrected chi connectivity index (χ4v) is 3.05. The molecule has 1 amide bonds. The quantitative estimate of drug-likeness (QED) is 0.537. The van der Waals surface area contributed by atoms with Crippen LogP contribution in [0, 0.1) is 5.92 Å². The molecular formula is C20H26F3NO5. The van der Waals surface area contributed by atoms with Gasteiger partial charge >= 0.3 is 12.3 Å². The summed E-state index contributed by atoms with van der Waals surface area (Å²) in [4.78, 5) is 24.0. The van der Waals surface area contributed by atoms with E-state index < -0.39 is 35.7 Å². The molecule has 1 heterocycles. The summed E-state index contributed by atoms with van der Waals surface area (Å²) in [5.41, 5.74) is -1.20. The number of hydrogen-bond donors (Lipinski definition) is 1. The summed E-state index contributed by atoms with van der Waals surface area (Å²) in [5.74, 6) is -0.224. The summed E-state index contributed by atoms with van der Waals surface area (Å²) in [7, 11) is 0. The van der Waals surface area contributed by atoms with Gasteiger partial charge in [0.2, 0.25) is 0 Å². The summed E-state index contributed by atoms with van der Waals surface area (Å²) in [6.07, 6.45) is -5.21. The van der Waals surface area contributed by atoms with Crippen LogP contribution in [0.25, 0.3) is 0 Å². The minimum absolute atomic E-state index is 0.0692. The fraction of sp³-hybridized carbons (Fsp3) is 0.600. The molecule has 0 spiro atoms. The zero-order valence-electron chi connectivity index (χ0n) is 16.7. The molecule has 0 aromatic heterocycles. The highest BCUT2D eigenvalue weighted by molar-refractivity contribution is 5.71. The normalized spacial score (nSPS) is 22.2. The van der Waals surface area contributed by atoms with Crippen molar-refractivity contribution < 1.29 is 37.0 Å². The van der Waals surface area contributed by atoms with Crippen molar-refractivity contribution in [1.82, 2.24) is 5.32 Å². The Kier molecular flexibility index (Phi) is 7.15. The molecule has 0 radical (unpaired) electrons. The van der Waals surface area contributed by atoms with Crippen LogP contribution in [0.5, 0.6) is 5.75 Å². The van der Waals surface area contributed by atoms with Gasteiger partial charge in [0.25, 0.3) is 0 Å². The van der Waals surface area contributed by atoms with Crippen molar-refractivity contribution in [2.45, 2.75) is 50.9 Å². The highest BCUT2D eigenvalue weighted by Gasteiger charge is 2.47. The largest absolute Gasteiger partial charge is 0.494 e. The van der Waals surface area contributed by atoms with Crippen molar-refractivity contribution in [1.29, 1.82) is 0 Å². The van der Waals surface area contributed by atoms with E-state index in [4.69, 9.17) is 14.2 Å². The Labute approximate surface area is 167 Å². The van der Waals surface area contributed by atoms with E-state index in [9.17, 15) is 22.8 Å².